The van der Waals surface area contributed by atoms with Gasteiger partial charge >= 0.3 is 0 Å². The van der Waals surface area contributed by atoms with E-state index in [0.29, 0.717) is 5.88 Å². The van der Waals surface area contributed by atoms with Crippen LogP contribution < -0.4 is 5.32 Å². The van der Waals surface area contributed by atoms with Gasteiger partial charge in [0.15, 0.2) is 0 Å². The zero-order valence-electron chi connectivity index (χ0n) is 8.98. The van der Waals surface area contributed by atoms with Crippen LogP contribution in [0.1, 0.15) is 34.1 Å². The van der Waals surface area contributed by atoms with Crippen molar-refractivity contribution in [1.29, 1.82) is 0 Å². The molecule has 13 heavy (non-hydrogen) atoms. The highest BCUT2D eigenvalue weighted by Gasteiger charge is 2.18. The molecule has 0 aromatic rings. The van der Waals surface area contributed by atoms with Crippen LogP contribution in [0, 0.1) is 11.3 Å². The molecule has 0 aliphatic carbocycles. The molecule has 0 saturated heterocycles. The molecule has 0 radical (unpaired) electrons. The maximum atomic E-state index is 11.3. The van der Waals surface area contributed by atoms with Crippen LogP contribution in [0.15, 0.2) is 0 Å². The second-order valence-electron chi connectivity index (χ2n) is 4.29. The smallest absolute Gasteiger partial charge is 0.224 e. The summed E-state index contributed by atoms with van der Waals surface area (Å²) in [6.45, 7) is 8.96. The average molecular weight is 206 g/mol. The third-order valence-electron chi connectivity index (χ3n) is 2.38. The summed E-state index contributed by atoms with van der Waals surface area (Å²) in [5.74, 6) is 0.351. The molecule has 3 heteroatoms. The quantitative estimate of drug-likeness (QED) is 0.687. The van der Waals surface area contributed by atoms with E-state index in [4.69, 9.17) is 11.6 Å². The van der Waals surface area contributed by atoms with Gasteiger partial charge in [-0.15, -0.1) is 11.6 Å². The Bertz CT molecular complexity index is 168. The highest BCUT2D eigenvalue weighted by atomic mass is 35.5. The van der Waals surface area contributed by atoms with Crippen molar-refractivity contribution in [1.82, 2.24) is 5.32 Å². The summed E-state index contributed by atoms with van der Waals surface area (Å²) in [6.07, 6.45) is 1.06. The molecule has 0 aliphatic rings. The minimum absolute atomic E-state index is 0.0523. The normalized spacial score (nSPS) is 13.9. The summed E-state index contributed by atoms with van der Waals surface area (Å²) < 4.78 is 0. The molecule has 1 N–H and O–H groups in total. The minimum Gasteiger partial charge on any atom is -0.355 e. The monoisotopic (exact) mass is 205 g/mol. The highest BCUT2D eigenvalue weighted by Crippen LogP contribution is 2.17. The van der Waals surface area contributed by atoms with Gasteiger partial charge in [-0.2, -0.15) is 0 Å². The lowest BCUT2D eigenvalue weighted by Gasteiger charge is -2.23. The Morgan fingerprint density at radius 2 is 2.08 bits per heavy atom. The number of hydrogen-bond donors (Lipinski definition) is 1. The molecule has 0 heterocycles. The van der Waals surface area contributed by atoms with E-state index in [-0.39, 0.29) is 17.2 Å². The van der Waals surface area contributed by atoms with Crippen LogP contribution in [0.5, 0.6) is 0 Å². The van der Waals surface area contributed by atoms with E-state index in [1.54, 1.807) is 0 Å². The molecule has 78 valence electrons. The first-order chi connectivity index (χ1) is 5.93. The van der Waals surface area contributed by atoms with Crippen LogP contribution in [-0.2, 0) is 4.79 Å². The van der Waals surface area contributed by atoms with Gasteiger partial charge in [-0.1, -0.05) is 27.7 Å². The Labute approximate surface area is 86.0 Å². The molecule has 1 atom stereocenters. The number of carbonyl (C=O) groups is 1. The lowest BCUT2D eigenvalue weighted by molar-refractivity contribution is -0.124. The summed E-state index contributed by atoms with van der Waals surface area (Å²) in [5, 5.41) is 2.90. The third kappa shape index (κ3) is 5.14. The fourth-order valence-electron chi connectivity index (χ4n) is 0.696. The molecule has 0 fully saturated rings. The Balaban J connectivity index is 3.83. The van der Waals surface area contributed by atoms with Crippen LogP contribution in [0.4, 0.5) is 0 Å². The van der Waals surface area contributed by atoms with E-state index in [2.05, 4.69) is 26.1 Å². The number of amides is 1. The molecule has 0 bridgehead atoms. The van der Waals surface area contributed by atoms with Crippen LogP contribution in [-0.4, -0.2) is 18.3 Å². The molecule has 0 aromatic heterocycles. The third-order valence-corrected chi connectivity index (χ3v) is 2.84. The molecule has 0 rings (SSSR count). The van der Waals surface area contributed by atoms with Crippen molar-refractivity contribution in [2.24, 2.45) is 11.3 Å². The Morgan fingerprint density at radius 3 is 2.46 bits per heavy atom. The predicted octanol–water partition coefficient (Wildman–Crippen LogP) is 2.41. The fraction of sp³-hybridized carbons (Fsp3) is 0.900. The number of rotatable bonds is 5. The van der Waals surface area contributed by atoms with Crippen molar-refractivity contribution in [3.8, 4) is 0 Å². The highest BCUT2D eigenvalue weighted by molar-refractivity contribution is 6.19. The van der Waals surface area contributed by atoms with Crippen molar-refractivity contribution < 1.29 is 4.79 Å². The maximum absolute atomic E-state index is 11.3. The lowest BCUT2D eigenvalue weighted by atomic mass is 9.90. The molecule has 1 unspecified atom stereocenters. The van der Waals surface area contributed by atoms with Crippen LogP contribution in [0.2, 0.25) is 0 Å². The molecular weight excluding hydrogens is 186 g/mol. The summed E-state index contributed by atoms with van der Waals surface area (Å²) >= 11 is 5.57. The first kappa shape index (κ1) is 12.8. The molecule has 1 amide bonds. The van der Waals surface area contributed by atoms with Crippen LogP contribution >= 0.6 is 11.6 Å². The molecule has 0 saturated carbocycles. The van der Waals surface area contributed by atoms with Crippen molar-refractivity contribution >= 4 is 17.5 Å². The van der Waals surface area contributed by atoms with E-state index >= 15 is 0 Å². The van der Waals surface area contributed by atoms with Gasteiger partial charge in [0, 0.05) is 18.3 Å². The van der Waals surface area contributed by atoms with E-state index in [9.17, 15) is 4.79 Å². The van der Waals surface area contributed by atoms with Gasteiger partial charge in [0.05, 0.1) is 0 Å². The number of hydrogen-bond acceptors (Lipinski definition) is 1. The summed E-state index contributed by atoms with van der Waals surface area (Å²) in [5.41, 5.74) is 0.182. The van der Waals surface area contributed by atoms with Gasteiger partial charge in [0.1, 0.15) is 0 Å². The van der Waals surface area contributed by atoms with Crippen molar-refractivity contribution in [2.45, 2.75) is 34.1 Å². The molecule has 0 aromatic carbocycles. The second-order valence-corrected chi connectivity index (χ2v) is 4.60. The van der Waals surface area contributed by atoms with E-state index in [1.807, 2.05) is 6.92 Å². The van der Waals surface area contributed by atoms with E-state index in [1.165, 1.54) is 0 Å². The van der Waals surface area contributed by atoms with Crippen LogP contribution in [0.3, 0.4) is 0 Å². The Hall–Kier alpha value is -0.240. The van der Waals surface area contributed by atoms with Gasteiger partial charge < -0.3 is 5.32 Å². The van der Waals surface area contributed by atoms with E-state index < -0.39 is 0 Å². The number of nitrogens with one attached hydrogen (secondary N) is 1. The zero-order valence-corrected chi connectivity index (χ0v) is 9.74. The van der Waals surface area contributed by atoms with Crippen LogP contribution in [0.25, 0.3) is 0 Å². The number of halogens is 1. The molecular formula is C10H20ClNO. The second kappa shape index (κ2) is 5.48. The van der Waals surface area contributed by atoms with Gasteiger partial charge in [0.25, 0.3) is 0 Å². The largest absolute Gasteiger partial charge is 0.355 e. The lowest BCUT2D eigenvalue weighted by Crippen LogP contribution is -2.37. The number of carbonyl (C=O) groups excluding carboxylic acids is 1. The minimum atomic E-state index is -0.0886. The SMILES string of the molecule is CCC(C)(C)CNC(=O)C(C)CCl. The topological polar surface area (TPSA) is 29.1 Å². The fourth-order valence-corrected chi connectivity index (χ4v) is 0.836. The van der Waals surface area contributed by atoms with Gasteiger partial charge in [0.2, 0.25) is 5.91 Å². The summed E-state index contributed by atoms with van der Waals surface area (Å²) in [6, 6.07) is 0. The molecule has 2 nitrogen and oxygen atoms in total. The van der Waals surface area contributed by atoms with Gasteiger partial charge in [-0.25, -0.2) is 0 Å². The van der Waals surface area contributed by atoms with E-state index in [0.717, 1.165) is 13.0 Å². The van der Waals surface area contributed by atoms with Gasteiger partial charge in [-0.3, -0.25) is 4.79 Å². The van der Waals surface area contributed by atoms with Gasteiger partial charge in [-0.05, 0) is 11.8 Å². The average Bonchev–Trinajstić information content (AvgIpc) is 2.13. The Morgan fingerprint density at radius 1 is 1.54 bits per heavy atom. The Kier molecular flexibility index (Phi) is 5.38. The summed E-state index contributed by atoms with van der Waals surface area (Å²) in [4.78, 5) is 11.3. The van der Waals surface area contributed by atoms with Crippen molar-refractivity contribution in [3.05, 3.63) is 0 Å². The zero-order chi connectivity index (χ0) is 10.5. The molecule has 0 spiro atoms. The number of alkyl halides is 1. The predicted molar refractivity (Wildman–Crippen MR) is 57.0 cm³/mol. The van der Waals surface area contributed by atoms with Crippen molar-refractivity contribution in [2.75, 3.05) is 12.4 Å². The standard InChI is InChI=1S/C10H20ClNO/c1-5-10(3,4)7-12-9(13)8(2)6-11/h8H,5-7H2,1-4H3,(H,12,13). The first-order valence-corrected chi connectivity index (χ1v) is 5.30. The summed E-state index contributed by atoms with van der Waals surface area (Å²) in [7, 11) is 0. The van der Waals surface area contributed by atoms with Crippen molar-refractivity contribution in [3.63, 3.8) is 0 Å². The maximum Gasteiger partial charge on any atom is 0.224 e. The first-order valence-electron chi connectivity index (χ1n) is 4.76. The molecule has 0 aliphatic heterocycles.